The third-order valence-electron chi connectivity index (χ3n) is 3.84. The van der Waals surface area contributed by atoms with Gasteiger partial charge in [0.05, 0.1) is 22.9 Å². The molecular weight excluding hydrogens is 324 g/mol. The zero-order valence-electron chi connectivity index (χ0n) is 13.6. The highest BCUT2D eigenvalue weighted by molar-refractivity contribution is 6.00. The maximum absolute atomic E-state index is 12.8. The summed E-state index contributed by atoms with van der Waals surface area (Å²) < 4.78 is 0. The van der Waals surface area contributed by atoms with Crippen molar-refractivity contribution in [1.82, 2.24) is 4.90 Å². The fourth-order valence-corrected chi connectivity index (χ4v) is 2.52. The second-order valence-electron chi connectivity index (χ2n) is 5.54. The number of rotatable bonds is 6. The minimum absolute atomic E-state index is 0.00195. The number of carbonyl (C=O) groups excluding carboxylic acids is 2. The van der Waals surface area contributed by atoms with Crippen LogP contribution in [0.5, 0.6) is 0 Å². The van der Waals surface area contributed by atoms with E-state index in [9.17, 15) is 19.7 Å². The van der Waals surface area contributed by atoms with Gasteiger partial charge in [-0.1, -0.05) is 30.3 Å². The molecule has 0 saturated heterocycles. The van der Waals surface area contributed by atoms with Gasteiger partial charge in [-0.15, -0.1) is 0 Å². The van der Waals surface area contributed by atoms with E-state index in [1.165, 1.54) is 24.1 Å². The Kier molecular flexibility index (Phi) is 5.33. The number of nitro groups is 1. The van der Waals surface area contributed by atoms with E-state index < -0.39 is 22.8 Å². The Bertz CT molecular complexity index is 808. The number of carbonyl (C=O) groups is 2. The maximum Gasteiger partial charge on any atom is 0.270 e. The molecule has 130 valence electrons. The molecule has 4 N–H and O–H groups in total. The first-order valence-corrected chi connectivity index (χ1v) is 7.45. The third kappa shape index (κ3) is 4.11. The average molecular weight is 342 g/mol. The summed E-state index contributed by atoms with van der Waals surface area (Å²) in [6, 6.07) is 12.0. The van der Waals surface area contributed by atoms with Crippen LogP contribution in [0, 0.1) is 10.1 Å². The van der Waals surface area contributed by atoms with Crippen molar-refractivity contribution in [3.8, 4) is 0 Å². The van der Waals surface area contributed by atoms with Crippen LogP contribution >= 0.6 is 0 Å². The van der Waals surface area contributed by atoms with Crippen molar-refractivity contribution in [2.24, 2.45) is 5.73 Å². The van der Waals surface area contributed by atoms with Crippen LogP contribution in [0.1, 0.15) is 28.4 Å². The Morgan fingerprint density at radius 2 is 1.84 bits per heavy atom. The van der Waals surface area contributed by atoms with E-state index in [4.69, 9.17) is 11.5 Å². The molecule has 8 nitrogen and oxygen atoms in total. The van der Waals surface area contributed by atoms with Gasteiger partial charge in [-0.05, 0) is 11.6 Å². The Hall–Kier alpha value is -3.42. The number of nitro benzene ring substituents is 1. The van der Waals surface area contributed by atoms with Crippen molar-refractivity contribution in [2.75, 3.05) is 12.8 Å². The fourth-order valence-electron chi connectivity index (χ4n) is 2.52. The summed E-state index contributed by atoms with van der Waals surface area (Å²) in [5, 5.41) is 10.9. The number of amides is 2. The number of nitrogen functional groups attached to an aromatic ring is 1. The maximum atomic E-state index is 12.8. The number of nitrogens with two attached hydrogens (primary N) is 2. The summed E-state index contributed by atoms with van der Waals surface area (Å²) in [6.45, 7) is 0. The minimum atomic E-state index is -0.607. The SMILES string of the molecule is CN(C(=O)c1cc([N+](=O)[O-])ccc1N)[C@@H](CC(N)=O)c1ccccc1. The third-order valence-corrected chi connectivity index (χ3v) is 3.84. The summed E-state index contributed by atoms with van der Waals surface area (Å²) >= 11 is 0. The molecule has 0 unspecified atom stereocenters. The molecule has 25 heavy (non-hydrogen) atoms. The van der Waals surface area contributed by atoms with Crippen molar-refractivity contribution in [1.29, 1.82) is 0 Å². The normalized spacial score (nSPS) is 11.6. The lowest BCUT2D eigenvalue weighted by atomic mass is 10.0. The van der Waals surface area contributed by atoms with E-state index in [1.807, 2.05) is 6.07 Å². The van der Waals surface area contributed by atoms with Gasteiger partial charge in [0.1, 0.15) is 0 Å². The topological polar surface area (TPSA) is 133 Å². The summed E-state index contributed by atoms with van der Waals surface area (Å²) in [5.74, 6) is -1.10. The van der Waals surface area contributed by atoms with E-state index in [0.29, 0.717) is 0 Å². The Balaban J connectivity index is 2.40. The van der Waals surface area contributed by atoms with E-state index in [-0.39, 0.29) is 23.4 Å². The standard InChI is InChI=1S/C17H18N4O4/c1-20(15(10-16(19)22)11-5-3-2-4-6-11)17(23)13-9-12(21(24)25)7-8-14(13)18/h2-9,15H,10,18H2,1H3,(H2,19,22)/t15-/m0/s1. The smallest absolute Gasteiger partial charge is 0.270 e. The van der Waals surface area contributed by atoms with Crippen molar-refractivity contribution in [2.45, 2.75) is 12.5 Å². The molecule has 2 amide bonds. The zero-order valence-corrected chi connectivity index (χ0v) is 13.6. The summed E-state index contributed by atoms with van der Waals surface area (Å²) in [4.78, 5) is 35.9. The van der Waals surface area contributed by atoms with Crippen LogP contribution in [0.2, 0.25) is 0 Å². The molecule has 1 atom stereocenters. The first kappa shape index (κ1) is 17.9. The van der Waals surface area contributed by atoms with Crippen molar-refractivity contribution in [3.05, 3.63) is 69.8 Å². The van der Waals surface area contributed by atoms with Crippen LogP contribution in [0.4, 0.5) is 11.4 Å². The molecule has 8 heteroatoms. The molecule has 0 fully saturated rings. The second kappa shape index (κ2) is 7.43. The van der Waals surface area contributed by atoms with Gasteiger partial charge in [0.25, 0.3) is 11.6 Å². The Morgan fingerprint density at radius 3 is 2.40 bits per heavy atom. The largest absolute Gasteiger partial charge is 0.398 e. The summed E-state index contributed by atoms with van der Waals surface area (Å²) in [5.41, 5.74) is 11.7. The van der Waals surface area contributed by atoms with Crippen LogP contribution < -0.4 is 11.5 Å². The molecule has 0 saturated carbocycles. The molecule has 2 rings (SSSR count). The van der Waals surface area contributed by atoms with Crippen molar-refractivity contribution >= 4 is 23.2 Å². The lowest BCUT2D eigenvalue weighted by molar-refractivity contribution is -0.384. The number of hydrogen-bond acceptors (Lipinski definition) is 5. The van der Waals surface area contributed by atoms with E-state index in [2.05, 4.69) is 0 Å². The van der Waals surface area contributed by atoms with Gasteiger partial charge in [0.15, 0.2) is 0 Å². The second-order valence-corrected chi connectivity index (χ2v) is 5.54. The number of nitrogens with zero attached hydrogens (tertiary/aromatic N) is 2. The van der Waals surface area contributed by atoms with E-state index >= 15 is 0 Å². The number of anilines is 1. The van der Waals surface area contributed by atoms with E-state index in [0.717, 1.165) is 11.6 Å². The van der Waals surface area contributed by atoms with Crippen LogP contribution in [-0.4, -0.2) is 28.7 Å². The first-order chi connectivity index (χ1) is 11.8. The van der Waals surface area contributed by atoms with Gasteiger partial charge in [0.2, 0.25) is 5.91 Å². The monoisotopic (exact) mass is 342 g/mol. The molecule has 0 bridgehead atoms. The Labute approximate surface area is 144 Å². The predicted octanol–water partition coefficient (Wildman–Crippen LogP) is 1.87. The molecule has 2 aromatic rings. The molecule has 2 aromatic carbocycles. The highest BCUT2D eigenvalue weighted by atomic mass is 16.6. The molecule has 0 radical (unpaired) electrons. The number of hydrogen-bond donors (Lipinski definition) is 2. The van der Waals surface area contributed by atoms with Gasteiger partial charge in [-0.2, -0.15) is 0 Å². The predicted molar refractivity (Wildman–Crippen MR) is 92.6 cm³/mol. The van der Waals surface area contributed by atoms with E-state index in [1.54, 1.807) is 24.3 Å². The number of non-ortho nitro benzene ring substituents is 1. The average Bonchev–Trinajstić information content (AvgIpc) is 2.59. The van der Waals surface area contributed by atoms with Crippen LogP contribution in [0.3, 0.4) is 0 Å². The minimum Gasteiger partial charge on any atom is -0.398 e. The van der Waals surface area contributed by atoms with Gasteiger partial charge >= 0.3 is 0 Å². The molecule has 0 aliphatic rings. The molecule has 0 aliphatic heterocycles. The summed E-state index contributed by atoms with van der Waals surface area (Å²) in [7, 11) is 1.50. The molecule has 0 aliphatic carbocycles. The van der Waals surface area contributed by atoms with Crippen molar-refractivity contribution in [3.63, 3.8) is 0 Å². The van der Waals surface area contributed by atoms with Gasteiger partial charge in [0, 0.05) is 24.9 Å². The quantitative estimate of drug-likeness (QED) is 0.470. The lowest BCUT2D eigenvalue weighted by Crippen LogP contribution is -2.34. The highest BCUT2D eigenvalue weighted by Crippen LogP contribution is 2.27. The molecule has 0 aromatic heterocycles. The van der Waals surface area contributed by atoms with Gasteiger partial charge in [-0.3, -0.25) is 19.7 Å². The van der Waals surface area contributed by atoms with Crippen LogP contribution in [-0.2, 0) is 4.79 Å². The van der Waals surface area contributed by atoms with Crippen LogP contribution in [0.25, 0.3) is 0 Å². The highest BCUT2D eigenvalue weighted by Gasteiger charge is 2.26. The first-order valence-electron chi connectivity index (χ1n) is 7.45. The van der Waals surface area contributed by atoms with Crippen molar-refractivity contribution < 1.29 is 14.5 Å². The molecular formula is C17H18N4O4. The number of primary amides is 1. The van der Waals surface area contributed by atoms with Crippen LogP contribution in [0.15, 0.2) is 48.5 Å². The van der Waals surface area contributed by atoms with Gasteiger partial charge in [-0.25, -0.2) is 0 Å². The fraction of sp³-hybridized carbons (Fsp3) is 0.176. The molecule has 0 spiro atoms. The summed E-state index contributed by atoms with van der Waals surface area (Å²) in [6.07, 6.45) is -0.0823. The Morgan fingerprint density at radius 1 is 1.20 bits per heavy atom. The lowest BCUT2D eigenvalue weighted by Gasteiger charge is -2.28. The zero-order chi connectivity index (χ0) is 18.6. The number of benzene rings is 2. The van der Waals surface area contributed by atoms with Gasteiger partial charge < -0.3 is 16.4 Å². The molecule has 0 heterocycles.